The fraction of sp³-hybridized carbons (Fsp3) is 0.571. The molecule has 1 aliphatic rings. The molecule has 1 fully saturated rings. The molecule has 1 N–H and O–H groups in total. The summed E-state index contributed by atoms with van der Waals surface area (Å²) in [6, 6.07) is 8.38. The van der Waals surface area contributed by atoms with Gasteiger partial charge in [-0.15, -0.1) is 0 Å². The minimum atomic E-state index is -2.79. The fourth-order valence-corrected chi connectivity index (χ4v) is 4.20. The number of sulfone groups is 1. The summed E-state index contributed by atoms with van der Waals surface area (Å²) in [4.78, 5) is 0. The topological polar surface area (TPSA) is 46.2 Å². The van der Waals surface area contributed by atoms with Gasteiger partial charge in [0.1, 0.15) is 9.84 Å². The van der Waals surface area contributed by atoms with Crippen molar-refractivity contribution in [3.8, 4) is 0 Å². The van der Waals surface area contributed by atoms with Crippen molar-refractivity contribution in [2.45, 2.75) is 38.3 Å². The molecule has 5 heteroatoms. The van der Waals surface area contributed by atoms with E-state index in [0.29, 0.717) is 24.3 Å². The van der Waals surface area contributed by atoms with Crippen molar-refractivity contribution in [1.82, 2.24) is 5.32 Å². The number of rotatable bonds is 4. The van der Waals surface area contributed by atoms with Crippen LogP contribution in [0.1, 0.15) is 37.8 Å². The normalized spacial score (nSPS) is 21.2. The predicted octanol–water partition coefficient (Wildman–Crippen LogP) is 2.96. The summed E-state index contributed by atoms with van der Waals surface area (Å²) in [5.74, 6) is 0.604. The van der Waals surface area contributed by atoms with Crippen LogP contribution in [-0.2, 0) is 9.84 Å². The zero-order valence-electron chi connectivity index (χ0n) is 11.1. The molecule has 0 amide bonds. The molecule has 3 nitrogen and oxygen atoms in total. The molecule has 1 unspecified atom stereocenters. The molecular weight excluding hydrogens is 282 g/mol. The van der Waals surface area contributed by atoms with Gasteiger partial charge in [-0.05, 0) is 37.0 Å². The van der Waals surface area contributed by atoms with Crippen LogP contribution in [0.5, 0.6) is 0 Å². The molecule has 0 aliphatic carbocycles. The van der Waals surface area contributed by atoms with Crippen LogP contribution in [0, 0.1) is 0 Å². The van der Waals surface area contributed by atoms with E-state index in [4.69, 9.17) is 11.6 Å². The highest BCUT2D eigenvalue weighted by Gasteiger charge is 2.25. The molecule has 1 saturated heterocycles. The Labute approximate surface area is 120 Å². The minimum absolute atomic E-state index is 0.240. The van der Waals surface area contributed by atoms with Crippen molar-refractivity contribution >= 4 is 21.4 Å². The summed E-state index contributed by atoms with van der Waals surface area (Å²) in [5.41, 5.74) is 1.17. The summed E-state index contributed by atoms with van der Waals surface area (Å²) < 4.78 is 22.8. The van der Waals surface area contributed by atoms with Crippen molar-refractivity contribution in [2.24, 2.45) is 0 Å². The zero-order chi connectivity index (χ0) is 13.9. The molecule has 0 saturated carbocycles. The fourth-order valence-electron chi connectivity index (χ4n) is 2.51. The number of hydrogen-bond acceptors (Lipinski definition) is 3. The third-order valence-electron chi connectivity index (χ3n) is 3.65. The Bertz CT molecular complexity index is 516. The second-order valence-corrected chi connectivity index (χ2v) is 7.85. The summed E-state index contributed by atoms with van der Waals surface area (Å²) in [5, 5.41) is 4.30. The van der Waals surface area contributed by atoms with E-state index in [0.717, 1.165) is 11.4 Å². The molecular formula is C14H20ClNO2S. The van der Waals surface area contributed by atoms with Gasteiger partial charge >= 0.3 is 0 Å². The van der Waals surface area contributed by atoms with Gasteiger partial charge in [0.15, 0.2) is 0 Å². The molecule has 1 heterocycles. The number of halogens is 1. The first-order valence-corrected chi connectivity index (χ1v) is 8.92. The van der Waals surface area contributed by atoms with Gasteiger partial charge < -0.3 is 5.32 Å². The second-order valence-electron chi connectivity index (χ2n) is 5.11. The quantitative estimate of drug-likeness (QED) is 0.930. The van der Waals surface area contributed by atoms with E-state index < -0.39 is 9.84 Å². The van der Waals surface area contributed by atoms with Crippen molar-refractivity contribution in [3.63, 3.8) is 0 Å². The van der Waals surface area contributed by atoms with Crippen LogP contribution in [0.15, 0.2) is 24.3 Å². The molecule has 1 aromatic rings. The Balaban J connectivity index is 2.00. The highest BCUT2D eigenvalue weighted by molar-refractivity contribution is 7.91. The summed E-state index contributed by atoms with van der Waals surface area (Å²) in [7, 11) is -2.79. The van der Waals surface area contributed by atoms with Crippen LogP contribution in [0.3, 0.4) is 0 Å². The smallest absolute Gasteiger partial charge is 0.150 e. The molecule has 106 valence electrons. The van der Waals surface area contributed by atoms with Gasteiger partial charge in [-0.25, -0.2) is 8.42 Å². The van der Waals surface area contributed by atoms with Crippen LogP contribution < -0.4 is 5.32 Å². The molecule has 1 atom stereocenters. The van der Waals surface area contributed by atoms with Gasteiger partial charge in [-0.1, -0.05) is 30.7 Å². The predicted molar refractivity (Wildman–Crippen MR) is 79.3 cm³/mol. The maximum atomic E-state index is 11.4. The molecule has 1 aromatic carbocycles. The monoisotopic (exact) mass is 301 g/mol. The minimum Gasteiger partial charge on any atom is -0.307 e. The van der Waals surface area contributed by atoms with Gasteiger partial charge in [0.2, 0.25) is 0 Å². The lowest BCUT2D eigenvalue weighted by Crippen LogP contribution is -2.39. The summed E-state index contributed by atoms with van der Waals surface area (Å²) >= 11 is 6.02. The highest BCUT2D eigenvalue weighted by atomic mass is 35.5. The SMILES string of the molecule is CCC(NC1CCS(=O)(=O)CC1)c1cccc(Cl)c1. The first kappa shape index (κ1) is 14.8. The molecule has 0 aromatic heterocycles. The first-order chi connectivity index (χ1) is 9.00. The molecule has 19 heavy (non-hydrogen) atoms. The van der Waals surface area contributed by atoms with Crippen molar-refractivity contribution < 1.29 is 8.42 Å². The van der Waals surface area contributed by atoms with Crippen molar-refractivity contribution in [1.29, 1.82) is 0 Å². The van der Waals surface area contributed by atoms with Crippen LogP contribution in [0.25, 0.3) is 0 Å². The zero-order valence-corrected chi connectivity index (χ0v) is 12.7. The van der Waals surface area contributed by atoms with Gasteiger partial charge in [0.05, 0.1) is 11.5 Å². The molecule has 0 bridgehead atoms. The largest absolute Gasteiger partial charge is 0.307 e. The molecule has 0 spiro atoms. The van der Waals surface area contributed by atoms with Crippen LogP contribution in [-0.4, -0.2) is 26.0 Å². The summed E-state index contributed by atoms with van der Waals surface area (Å²) in [6.07, 6.45) is 2.38. The summed E-state index contributed by atoms with van der Waals surface area (Å²) in [6.45, 7) is 2.12. The maximum Gasteiger partial charge on any atom is 0.150 e. The number of benzene rings is 1. The van der Waals surface area contributed by atoms with E-state index in [1.165, 1.54) is 5.56 Å². The maximum absolute atomic E-state index is 11.4. The lowest BCUT2D eigenvalue weighted by atomic mass is 10.0. The van der Waals surface area contributed by atoms with Crippen LogP contribution in [0.4, 0.5) is 0 Å². The second kappa shape index (κ2) is 6.25. The third-order valence-corrected chi connectivity index (χ3v) is 5.60. The Kier molecular flexibility index (Phi) is 4.87. The van der Waals surface area contributed by atoms with E-state index in [2.05, 4.69) is 18.3 Å². The van der Waals surface area contributed by atoms with Gasteiger partial charge in [-0.2, -0.15) is 0 Å². The standard InChI is InChI=1S/C14H20ClNO2S/c1-2-14(11-4-3-5-12(15)10-11)16-13-6-8-19(17,18)9-7-13/h3-5,10,13-14,16H,2,6-9H2,1H3. The van der Waals surface area contributed by atoms with Crippen LogP contribution in [0.2, 0.25) is 5.02 Å². The average molecular weight is 302 g/mol. The average Bonchev–Trinajstić information content (AvgIpc) is 2.37. The lowest BCUT2D eigenvalue weighted by Gasteiger charge is -2.28. The van der Waals surface area contributed by atoms with E-state index in [1.807, 2.05) is 18.2 Å². The van der Waals surface area contributed by atoms with Crippen molar-refractivity contribution in [2.75, 3.05) is 11.5 Å². The van der Waals surface area contributed by atoms with Crippen LogP contribution >= 0.6 is 11.6 Å². The highest BCUT2D eigenvalue weighted by Crippen LogP contribution is 2.23. The lowest BCUT2D eigenvalue weighted by molar-refractivity contribution is 0.398. The van der Waals surface area contributed by atoms with Crippen molar-refractivity contribution in [3.05, 3.63) is 34.9 Å². The van der Waals surface area contributed by atoms with E-state index >= 15 is 0 Å². The van der Waals surface area contributed by atoms with Gasteiger partial charge in [-0.3, -0.25) is 0 Å². The van der Waals surface area contributed by atoms with E-state index in [-0.39, 0.29) is 12.1 Å². The van der Waals surface area contributed by atoms with Gasteiger partial charge in [0, 0.05) is 17.1 Å². The Morgan fingerprint density at radius 1 is 1.37 bits per heavy atom. The van der Waals surface area contributed by atoms with E-state index in [1.54, 1.807) is 0 Å². The van der Waals surface area contributed by atoms with Gasteiger partial charge in [0.25, 0.3) is 0 Å². The Morgan fingerprint density at radius 2 is 2.05 bits per heavy atom. The van der Waals surface area contributed by atoms with E-state index in [9.17, 15) is 8.42 Å². The third kappa shape index (κ3) is 4.20. The molecule has 1 aliphatic heterocycles. The molecule has 2 rings (SSSR count). The first-order valence-electron chi connectivity index (χ1n) is 6.72. The molecule has 0 radical (unpaired) electrons. The Hall–Kier alpha value is -0.580. The Morgan fingerprint density at radius 3 is 2.63 bits per heavy atom. The number of hydrogen-bond donors (Lipinski definition) is 1. The number of nitrogens with one attached hydrogen (secondary N) is 1.